The van der Waals surface area contributed by atoms with E-state index in [4.69, 9.17) is 10.3 Å². The quantitative estimate of drug-likeness (QED) is 0.853. The van der Waals surface area contributed by atoms with Crippen molar-refractivity contribution in [1.82, 2.24) is 5.16 Å². The summed E-state index contributed by atoms with van der Waals surface area (Å²) in [6, 6.07) is 5.73. The van der Waals surface area contributed by atoms with Crippen molar-refractivity contribution in [3.63, 3.8) is 0 Å². The molecule has 0 aliphatic carbocycles. The molecule has 5 heteroatoms. The summed E-state index contributed by atoms with van der Waals surface area (Å²) in [7, 11) is 0. The van der Waals surface area contributed by atoms with E-state index < -0.39 is 0 Å². The summed E-state index contributed by atoms with van der Waals surface area (Å²) in [6.45, 7) is 4.49. The molecule has 17 heavy (non-hydrogen) atoms. The number of nitrogen functional groups attached to an aromatic ring is 1. The van der Waals surface area contributed by atoms with E-state index in [1.165, 1.54) is 0 Å². The van der Waals surface area contributed by atoms with Crippen molar-refractivity contribution in [1.29, 1.82) is 0 Å². The number of halogens is 1. The van der Waals surface area contributed by atoms with Crippen LogP contribution in [-0.2, 0) is 6.54 Å². The number of anilines is 2. The van der Waals surface area contributed by atoms with E-state index in [0.29, 0.717) is 6.54 Å². The van der Waals surface area contributed by atoms with Gasteiger partial charge in [-0.2, -0.15) is 0 Å². The summed E-state index contributed by atoms with van der Waals surface area (Å²) in [5, 5.41) is 7.20. The van der Waals surface area contributed by atoms with Crippen molar-refractivity contribution in [2.75, 3.05) is 11.1 Å². The first-order valence-electron chi connectivity index (χ1n) is 5.28. The minimum Gasteiger partial charge on any atom is -0.397 e. The number of nitrogens with zero attached hydrogens (tertiary/aromatic N) is 1. The highest BCUT2D eigenvalue weighted by molar-refractivity contribution is 9.10. The zero-order valence-electron chi connectivity index (χ0n) is 9.75. The largest absolute Gasteiger partial charge is 0.397 e. The molecule has 0 aliphatic heterocycles. The van der Waals surface area contributed by atoms with E-state index in [9.17, 15) is 0 Å². The molecule has 0 spiro atoms. The van der Waals surface area contributed by atoms with Crippen LogP contribution < -0.4 is 11.1 Å². The molecule has 1 heterocycles. The topological polar surface area (TPSA) is 64.1 Å². The summed E-state index contributed by atoms with van der Waals surface area (Å²) in [6.07, 6.45) is 0. The molecule has 0 atom stereocenters. The second kappa shape index (κ2) is 4.79. The number of rotatable bonds is 3. The first kappa shape index (κ1) is 12.0. The van der Waals surface area contributed by atoms with E-state index in [0.717, 1.165) is 32.9 Å². The Morgan fingerprint density at radius 2 is 2.18 bits per heavy atom. The predicted octanol–water partition coefficient (Wildman–Crippen LogP) is 3.25. The fourth-order valence-corrected chi connectivity index (χ4v) is 1.98. The van der Waals surface area contributed by atoms with Crippen LogP contribution in [0.25, 0.3) is 0 Å². The van der Waals surface area contributed by atoms with Gasteiger partial charge in [-0.1, -0.05) is 21.1 Å². The SMILES string of the molecule is Cc1noc(C)c1CNc1cc(Br)ccc1N. The highest BCUT2D eigenvalue weighted by Crippen LogP contribution is 2.24. The van der Waals surface area contributed by atoms with E-state index in [1.54, 1.807) is 0 Å². The predicted molar refractivity (Wildman–Crippen MR) is 71.9 cm³/mol. The summed E-state index contributed by atoms with van der Waals surface area (Å²) in [5.74, 6) is 0.837. The summed E-state index contributed by atoms with van der Waals surface area (Å²) >= 11 is 3.42. The van der Waals surface area contributed by atoms with Gasteiger partial charge in [-0.15, -0.1) is 0 Å². The molecule has 1 aromatic heterocycles. The van der Waals surface area contributed by atoms with Crippen LogP contribution in [0.2, 0.25) is 0 Å². The van der Waals surface area contributed by atoms with Crippen LogP contribution in [0, 0.1) is 13.8 Å². The molecule has 0 saturated carbocycles. The number of nitrogens with one attached hydrogen (secondary N) is 1. The Bertz CT molecular complexity index is 517. The maximum absolute atomic E-state index is 5.88. The molecular formula is C12H14BrN3O. The van der Waals surface area contributed by atoms with Crippen molar-refractivity contribution in [3.8, 4) is 0 Å². The maximum atomic E-state index is 5.88. The molecule has 2 rings (SSSR count). The van der Waals surface area contributed by atoms with Gasteiger partial charge in [0.1, 0.15) is 5.76 Å². The van der Waals surface area contributed by atoms with Crippen LogP contribution >= 0.6 is 15.9 Å². The van der Waals surface area contributed by atoms with Crippen LogP contribution in [0.1, 0.15) is 17.0 Å². The highest BCUT2D eigenvalue weighted by atomic mass is 79.9. The molecule has 0 fully saturated rings. The second-order valence-corrected chi connectivity index (χ2v) is 4.80. The lowest BCUT2D eigenvalue weighted by Crippen LogP contribution is -2.03. The Morgan fingerprint density at radius 1 is 1.41 bits per heavy atom. The number of hydrogen-bond donors (Lipinski definition) is 2. The van der Waals surface area contributed by atoms with Gasteiger partial charge in [-0.25, -0.2) is 0 Å². The summed E-state index contributed by atoms with van der Waals surface area (Å²) < 4.78 is 6.10. The summed E-state index contributed by atoms with van der Waals surface area (Å²) in [4.78, 5) is 0. The van der Waals surface area contributed by atoms with Gasteiger partial charge < -0.3 is 15.6 Å². The van der Waals surface area contributed by atoms with Crippen LogP contribution in [0.15, 0.2) is 27.2 Å². The normalized spacial score (nSPS) is 10.5. The van der Waals surface area contributed by atoms with Crippen LogP contribution in [0.5, 0.6) is 0 Å². The lowest BCUT2D eigenvalue weighted by Gasteiger charge is -2.09. The Kier molecular flexibility index (Phi) is 3.38. The lowest BCUT2D eigenvalue weighted by molar-refractivity contribution is 0.392. The van der Waals surface area contributed by atoms with Crippen LogP contribution in [0.4, 0.5) is 11.4 Å². The molecule has 0 unspecified atom stereocenters. The standard InChI is InChI=1S/C12H14BrN3O/c1-7-10(8(2)17-16-7)6-15-12-5-9(13)3-4-11(12)14/h3-5,15H,6,14H2,1-2H3. The molecule has 90 valence electrons. The molecule has 3 N–H and O–H groups in total. The molecule has 0 saturated heterocycles. The molecule has 4 nitrogen and oxygen atoms in total. The maximum Gasteiger partial charge on any atom is 0.138 e. The van der Waals surface area contributed by atoms with E-state index in [1.807, 2.05) is 32.0 Å². The molecule has 1 aromatic carbocycles. The van der Waals surface area contributed by atoms with Crippen molar-refractivity contribution in [2.45, 2.75) is 20.4 Å². The zero-order chi connectivity index (χ0) is 12.4. The first-order chi connectivity index (χ1) is 8.08. The Hall–Kier alpha value is -1.49. The van der Waals surface area contributed by atoms with Gasteiger partial charge in [0.05, 0.1) is 17.1 Å². The first-order valence-corrected chi connectivity index (χ1v) is 6.08. The minimum absolute atomic E-state index is 0.655. The van der Waals surface area contributed by atoms with Crippen molar-refractivity contribution in [3.05, 3.63) is 39.7 Å². The number of aromatic nitrogens is 1. The monoisotopic (exact) mass is 295 g/mol. The number of nitrogens with two attached hydrogens (primary N) is 1. The van der Waals surface area contributed by atoms with Crippen molar-refractivity contribution < 1.29 is 4.52 Å². The average molecular weight is 296 g/mol. The van der Waals surface area contributed by atoms with Gasteiger partial charge in [0.25, 0.3) is 0 Å². The van der Waals surface area contributed by atoms with Gasteiger partial charge in [0.15, 0.2) is 0 Å². The number of hydrogen-bond acceptors (Lipinski definition) is 4. The van der Waals surface area contributed by atoms with Crippen LogP contribution in [0.3, 0.4) is 0 Å². The molecular weight excluding hydrogens is 282 g/mol. The van der Waals surface area contributed by atoms with Gasteiger partial charge in [0, 0.05) is 16.6 Å². The third-order valence-corrected chi connectivity index (χ3v) is 3.15. The zero-order valence-corrected chi connectivity index (χ0v) is 11.3. The molecule has 0 aliphatic rings. The molecule has 0 amide bonds. The third kappa shape index (κ3) is 2.61. The fraction of sp³-hybridized carbons (Fsp3) is 0.250. The molecule has 0 radical (unpaired) electrons. The average Bonchev–Trinajstić information content (AvgIpc) is 2.61. The summed E-state index contributed by atoms with van der Waals surface area (Å²) in [5.41, 5.74) is 9.49. The third-order valence-electron chi connectivity index (χ3n) is 2.65. The Labute approximate surface area is 108 Å². The van der Waals surface area contributed by atoms with E-state index >= 15 is 0 Å². The van der Waals surface area contributed by atoms with Gasteiger partial charge >= 0.3 is 0 Å². The Balaban J connectivity index is 2.15. The van der Waals surface area contributed by atoms with Gasteiger partial charge in [0.2, 0.25) is 0 Å². The number of benzene rings is 1. The van der Waals surface area contributed by atoms with Crippen molar-refractivity contribution >= 4 is 27.3 Å². The molecule has 2 aromatic rings. The van der Waals surface area contributed by atoms with E-state index in [2.05, 4.69) is 26.4 Å². The fourth-order valence-electron chi connectivity index (χ4n) is 1.62. The van der Waals surface area contributed by atoms with Crippen LogP contribution in [-0.4, -0.2) is 5.16 Å². The smallest absolute Gasteiger partial charge is 0.138 e. The minimum atomic E-state index is 0.655. The lowest BCUT2D eigenvalue weighted by atomic mass is 10.2. The Morgan fingerprint density at radius 3 is 2.82 bits per heavy atom. The number of aryl methyl sites for hydroxylation is 2. The van der Waals surface area contributed by atoms with Gasteiger partial charge in [-0.3, -0.25) is 0 Å². The second-order valence-electron chi connectivity index (χ2n) is 3.89. The highest BCUT2D eigenvalue weighted by Gasteiger charge is 2.09. The van der Waals surface area contributed by atoms with Crippen molar-refractivity contribution in [2.24, 2.45) is 0 Å². The molecule has 0 bridgehead atoms. The van der Waals surface area contributed by atoms with Gasteiger partial charge in [-0.05, 0) is 32.0 Å². The van der Waals surface area contributed by atoms with E-state index in [-0.39, 0.29) is 0 Å².